The van der Waals surface area contributed by atoms with Crippen molar-refractivity contribution < 1.29 is 13.9 Å². The average Bonchev–Trinajstić information content (AvgIpc) is 2.46. The van der Waals surface area contributed by atoms with Crippen LogP contribution in [0.1, 0.15) is 11.1 Å². The second kappa shape index (κ2) is 6.98. The standard InChI is InChI=1S/C15H14Cl2FNO2/c1-20-14-5-9(7-19)4-12(17)15(14)21-8-10-2-3-11(16)6-13(10)18/h2-6H,7-8,19H2,1H3. The topological polar surface area (TPSA) is 44.5 Å². The molecule has 0 heterocycles. The highest BCUT2D eigenvalue weighted by Gasteiger charge is 2.13. The zero-order valence-electron chi connectivity index (χ0n) is 11.3. The van der Waals surface area contributed by atoms with Crippen LogP contribution in [0.3, 0.4) is 0 Å². The van der Waals surface area contributed by atoms with Crippen molar-refractivity contribution in [1.29, 1.82) is 0 Å². The van der Waals surface area contributed by atoms with Crippen molar-refractivity contribution in [1.82, 2.24) is 0 Å². The quantitative estimate of drug-likeness (QED) is 0.894. The predicted molar refractivity (Wildman–Crippen MR) is 81.6 cm³/mol. The fourth-order valence-corrected chi connectivity index (χ4v) is 2.27. The monoisotopic (exact) mass is 329 g/mol. The third-order valence-corrected chi connectivity index (χ3v) is 3.43. The molecule has 2 rings (SSSR count). The van der Waals surface area contributed by atoms with Gasteiger partial charge in [0.1, 0.15) is 12.4 Å². The van der Waals surface area contributed by atoms with E-state index in [0.717, 1.165) is 5.56 Å². The van der Waals surface area contributed by atoms with Gasteiger partial charge in [0.2, 0.25) is 0 Å². The molecule has 0 bridgehead atoms. The van der Waals surface area contributed by atoms with Crippen LogP contribution in [0, 0.1) is 5.82 Å². The molecule has 0 saturated heterocycles. The minimum absolute atomic E-state index is 0.0149. The summed E-state index contributed by atoms with van der Waals surface area (Å²) in [6.07, 6.45) is 0. The molecule has 0 aliphatic rings. The van der Waals surface area contributed by atoms with Crippen molar-refractivity contribution in [3.63, 3.8) is 0 Å². The molecule has 2 N–H and O–H groups in total. The van der Waals surface area contributed by atoms with Crippen LogP contribution in [0.5, 0.6) is 11.5 Å². The van der Waals surface area contributed by atoms with Gasteiger partial charge in [0, 0.05) is 17.1 Å². The Morgan fingerprint density at radius 2 is 1.95 bits per heavy atom. The Bertz CT molecular complexity index is 650. The first kappa shape index (κ1) is 15.9. The molecule has 0 radical (unpaired) electrons. The molecule has 0 saturated carbocycles. The molecule has 6 heteroatoms. The van der Waals surface area contributed by atoms with Gasteiger partial charge in [-0.3, -0.25) is 0 Å². The molecule has 0 unspecified atom stereocenters. The highest BCUT2D eigenvalue weighted by atomic mass is 35.5. The van der Waals surface area contributed by atoms with Gasteiger partial charge in [0.25, 0.3) is 0 Å². The number of nitrogens with two attached hydrogens (primary N) is 1. The second-order valence-electron chi connectivity index (χ2n) is 4.34. The molecule has 2 aromatic carbocycles. The number of halogens is 3. The summed E-state index contributed by atoms with van der Waals surface area (Å²) in [6, 6.07) is 7.82. The van der Waals surface area contributed by atoms with Crippen LogP contribution in [0.2, 0.25) is 10.0 Å². The van der Waals surface area contributed by atoms with Crippen molar-refractivity contribution in [2.24, 2.45) is 5.73 Å². The molecule has 21 heavy (non-hydrogen) atoms. The predicted octanol–water partition coefficient (Wildman–Crippen LogP) is 4.18. The van der Waals surface area contributed by atoms with E-state index in [2.05, 4.69) is 0 Å². The van der Waals surface area contributed by atoms with Crippen LogP contribution in [0.4, 0.5) is 4.39 Å². The summed E-state index contributed by atoms with van der Waals surface area (Å²) in [5.41, 5.74) is 6.77. The van der Waals surface area contributed by atoms with Gasteiger partial charge in [-0.25, -0.2) is 4.39 Å². The molecule has 3 nitrogen and oxygen atoms in total. The fraction of sp³-hybridized carbons (Fsp3) is 0.200. The normalized spacial score (nSPS) is 10.5. The highest BCUT2D eigenvalue weighted by Crippen LogP contribution is 2.37. The van der Waals surface area contributed by atoms with Crippen LogP contribution in [-0.4, -0.2) is 7.11 Å². The minimum atomic E-state index is -0.434. The minimum Gasteiger partial charge on any atom is -0.493 e. The van der Waals surface area contributed by atoms with Gasteiger partial charge in [0.05, 0.1) is 12.1 Å². The van der Waals surface area contributed by atoms with Gasteiger partial charge in [-0.05, 0) is 29.8 Å². The number of hydrogen-bond acceptors (Lipinski definition) is 3. The molecular formula is C15H14Cl2FNO2. The average molecular weight is 330 g/mol. The van der Waals surface area contributed by atoms with Crippen LogP contribution in [0.25, 0.3) is 0 Å². The van der Waals surface area contributed by atoms with E-state index in [4.69, 9.17) is 38.4 Å². The Kier molecular flexibility index (Phi) is 5.28. The lowest BCUT2D eigenvalue weighted by atomic mass is 10.2. The Labute approximate surface area is 132 Å². The Morgan fingerprint density at radius 3 is 2.57 bits per heavy atom. The smallest absolute Gasteiger partial charge is 0.180 e. The molecule has 2 aromatic rings. The van der Waals surface area contributed by atoms with Gasteiger partial charge in [-0.15, -0.1) is 0 Å². The lowest BCUT2D eigenvalue weighted by Gasteiger charge is -2.14. The first-order valence-corrected chi connectivity index (χ1v) is 6.94. The molecule has 0 atom stereocenters. The van der Waals surface area contributed by atoms with E-state index in [0.29, 0.717) is 33.7 Å². The summed E-state index contributed by atoms with van der Waals surface area (Å²) in [5.74, 6) is 0.374. The number of ether oxygens (including phenoxy) is 2. The maximum absolute atomic E-state index is 13.7. The van der Waals surface area contributed by atoms with E-state index in [1.165, 1.54) is 13.2 Å². The summed E-state index contributed by atoms with van der Waals surface area (Å²) in [6.45, 7) is 0.350. The third-order valence-electron chi connectivity index (χ3n) is 2.91. The zero-order chi connectivity index (χ0) is 15.4. The van der Waals surface area contributed by atoms with Gasteiger partial charge >= 0.3 is 0 Å². The summed E-state index contributed by atoms with van der Waals surface area (Å²) >= 11 is 11.9. The highest BCUT2D eigenvalue weighted by molar-refractivity contribution is 6.32. The van der Waals surface area contributed by atoms with Crippen molar-refractivity contribution in [3.05, 3.63) is 57.3 Å². The molecule has 0 aromatic heterocycles. The van der Waals surface area contributed by atoms with Crippen molar-refractivity contribution in [2.45, 2.75) is 13.2 Å². The second-order valence-corrected chi connectivity index (χ2v) is 5.18. The van der Waals surface area contributed by atoms with Crippen molar-refractivity contribution >= 4 is 23.2 Å². The van der Waals surface area contributed by atoms with Gasteiger partial charge in [0.15, 0.2) is 11.5 Å². The lowest BCUT2D eigenvalue weighted by Crippen LogP contribution is -2.03. The first-order valence-electron chi connectivity index (χ1n) is 6.18. The zero-order valence-corrected chi connectivity index (χ0v) is 12.8. The lowest BCUT2D eigenvalue weighted by molar-refractivity contribution is 0.280. The third kappa shape index (κ3) is 3.79. The SMILES string of the molecule is COc1cc(CN)cc(Cl)c1OCc1ccc(Cl)cc1F. The molecule has 0 aliphatic heterocycles. The van der Waals surface area contributed by atoms with Crippen LogP contribution < -0.4 is 15.2 Å². The molecule has 0 spiro atoms. The first-order chi connectivity index (χ1) is 10.0. The number of rotatable bonds is 5. The van der Waals surface area contributed by atoms with Crippen molar-refractivity contribution in [2.75, 3.05) is 7.11 Å². The maximum Gasteiger partial charge on any atom is 0.180 e. The van der Waals surface area contributed by atoms with E-state index in [-0.39, 0.29) is 6.61 Å². The van der Waals surface area contributed by atoms with Gasteiger partial charge < -0.3 is 15.2 Å². The number of hydrogen-bond donors (Lipinski definition) is 1. The van der Waals surface area contributed by atoms with E-state index in [1.54, 1.807) is 24.3 Å². The van der Waals surface area contributed by atoms with E-state index < -0.39 is 5.82 Å². The van der Waals surface area contributed by atoms with Crippen LogP contribution in [-0.2, 0) is 13.2 Å². The summed E-state index contributed by atoms with van der Waals surface area (Å²) < 4.78 is 24.5. The van der Waals surface area contributed by atoms with E-state index in [1.807, 2.05) is 0 Å². The van der Waals surface area contributed by atoms with Crippen LogP contribution in [0.15, 0.2) is 30.3 Å². The van der Waals surface area contributed by atoms with Crippen molar-refractivity contribution in [3.8, 4) is 11.5 Å². The van der Waals surface area contributed by atoms with E-state index >= 15 is 0 Å². The van der Waals surface area contributed by atoms with Gasteiger partial charge in [-0.2, -0.15) is 0 Å². The largest absolute Gasteiger partial charge is 0.493 e. The number of methoxy groups -OCH3 is 1. The molecule has 0 amide bonds. The molecule has 0 aliphatic carbocycles. The molecule has 112 valence electrons. The summed E-state index contributed by atoms with van der Waals surface area (Å²) in [4.78, 5) is 0. The number of benzene rings is 2. The fourth-order valence-electron chi connectivity index (χ4n) is 1.82. The summed E-state index contributed by atoms with van der Waals surface area (Å²) in [7, 11) is 1.50. The molecular weight excluding hydrogens is 316 g/mol. The van der Waals surface area contributed by atoms with E-state index in [9.17, 15) is 4.39 Å². The Balaban J connectivity index is 2.23. The van der Waals surface area contributed by atoms with Gasteiger partial charge in [-0.1, -0.05) is 29.3 Å². The Hall–Kier alpha value is -1.49. The maximum atomic E-state index is 13.7. The Morgan fingerprint density at radius 1 is 1.19 bits per heavy atom. The van der Waals surface area contributed by atoms with Crippen LogP contribution >= 0.6 is 23.2 Å². The summed E-state index contributed by atoms with van der Waals surface area (Å²) in [5, 5.41) is 0.698. The molecule has 0 fully saturated rings.